The third kappa shape index (κ3) is 6.67. The Kier molecular flexibility index (Phi) is 10.4. The average molecular weight is 853 g/mol. The van der Waals surface area contributed by atoms with Crippen LogP contribution in [0.5, 0.6) is 11.5 Å². The largest absolute Gasteiger partial charge is 0.504 e. The molecule has 5 aromatic carbocycles. The smallest absolute Gasteiger partial charge is 0.260 e. The summed E-state index contributed by atoms with van der Waals surface area (Å²) < 4.78 is 19.8. The number of carbonyl (C=O) groups excluding carboxylic acids is 4. The number of carbonyl (C=O) groups is 4. The molecule has 12 nitrogen and oxygen atoms in total. The highest BCUT2D eigenvalue weighted by Crippen LogP contribution is 2.64. The molecule has 14 heteroatoms. The predicted molar refractivity (Wildman–Crippen MR) is 232 cm³/mol. The van der Waals surface area contributed by atoms with Crippen molar-refractivity contribution < 1.29 is 33.4 Å². The highest BCUT2D eigenvalue weighted by Gasteiger charge is 2.70. The van der Waals surface area contributed by atoms with Crippen LogP contribution in [0.3, 0.4) is 0 Å². The molecule has 5 aromatic rings. The second kappa shape index (κ2) is 15.9. The zero-order valence-corrected chi connectivity index (χ0v) is 34.8. The third-order valence-corrected chi connectivity index (χ3v) is 12.9. The van der Waals surface area contributed by atoms with Crippen LogP contribution in [0, 0.1) is 29.5 Å². The van der Waals surface area contributed by atoms with Gasteiger partial charge in [0.15, 0.2) is 11.5 Å². The van der Waals surface area contributed by atoms with Crippen molar-refractivity contribution >= 4 is 63.7 Å². The van der Waals surface area contributed by atoms with Gasteiger partial charge in [0, 0.05) is 30.7 Å². The van der Waals surface area contributed by atoms with Crippen molar-refractivity contribution in [1.82, 2.24) is 5.01 Å². The Morgan fingerprint density at radius 3 is 2.15 bits per heavy atom. The maximum absolute atomic E-state index is 15.4. The second-order valence-corrected chi connectivity index (χ2v) is 16.6. The Balaban J connectivity index is 1.12. The maximum atomic E-state index is 15.4. The van der Waals surface area contributed by atoms with E-state index in [0.717, 1.165) is 16.3 Å². The number of nitrogens with one attached hydrogen (secondary N) is 1. The summed E-state index contributed by atoms with van der Waals surface area (Å²) in [6, 6.07) is 31.3. The number of imide groups is 2. The van der Waals surface area contributed by atoms with Crippen LogP contribution in [0.2, 0.25) is 5.02 Å². The molecule has 2 heterocycles. The van der Waals surface area contributed by atoms with Crippen LogP contribution in [0.25, 0.3) is 0 Å². The number of amides is 4. The van der Waals surface area contributed by atoms with Crippen LogP contribution in [-0.4, -0.2) is 54.4 Å². The first-order valence-electron chi connectivity index (χ1n) is 20.4. The van der Waals surface area contributed by atoms with Gasteiger partial charge < -0.3 is 14.7 Å². The standard InChI is InChI=1S/C48H42ClFN6O6/c1-4-62-41-25-27(5-24-40(41)57)43-36-22-23-37-42(46(60)55(44(37)58)35-20-16-32(17-21-35)52-51-31-14-18-34(19-15-31)54(2)3)38(36)26-39-45(59)56(53-33-12-10-30(50)11-13-33)47(61)48(39,43)28-6-8-29(49)9-7-28/h5-22,24-25,37-39,42-43,53,57H,4,23,26H2,1-3H3/t37-,38+,39-,42-,43-,48+/m0/s1. The number of fused-ring (bicyclic) bond motifs is 4. The highest BCUT2D eigenvalue weighted by atomic mass is 35.5. The minimum Gasteiger partial charge on any atom is -0.504 e. The normalized spacial score (nSPS) is 24.2. The van der Waals surface area contributed by atoms with Crippen molar-refractivity contribution in [3.8, 4) is 11.5 Å². The fourth-order valence-corrected chi connectivity index (χ4v) is 9.99. The van der Waals surface area contributed by atoms with Crippen molar-refractivity contribution in [1.29, 1.82) is 0 Å². The Labute approximate surface area is 362 Å². The van der Waals surface area contributed by atoms with E-state index in [2.05, 4.69) is 15.7 Å². The Morgan fingerprint density at radius 1 is 0.839 bits per heavy atom. The van der Waals surface area contributed by atoms with Crippen molar-refractivity contribution in [3.63, 3.8) is 0 Å². The zero-order chi connectivity index (χ0) is 43.4. The van der Waals surface area contributed by atoms with E-state index >= 15 is 4.79 Å². The molecular weight excluding hydrogens is 811 g/mol. The summed E-state index contributed by atoms with van der Waals surface area (Å²) >= 11 is 6.41. The Bertz CT molecular complexity index is 2650. The molecule has 9 rings (SSSR count). The van der Waals surface area contributed by atoms with Gasteiger partial charge in [-0.15, -0.1) is 0 Å². The molecule has 3 fully saturated rings. The molecule has 0 aromatic heterocycles. The second-order valence-electron chi connectivity index (χ2n) is 16.2. The van der Waals surface area contributed by atoms with E-state index in [1.807, 2.05) is 49.3 Å². The van der Waals surface area contributed by atoms with Crippen LogP contribution in [0.15, 0.2) is 137 Å². The monoisotopic (exact) mass is 852 g/mol. The van der Waals surface area contributed by atoms with E-state index in [1.54, 1.807) is 67.6 Å². The summed E-state index contributed by atoms with van der Waals surface area (Å²) in [5.41, 5.74) is 6.11. The number of phenols is 1. The van der Waals surface area contributed by atoms with Crippen molar-refractivity contribution in [2.75, 3.05) is 35.9 Å². The van der Waals surface area contributed by atoms with Crippen LogP contribution in [0.4, 0.5) is 32.8 Å². The lowest BCUT2D eigenvalue weighted by molar-refractivity contribution is -0.138. The number of allylic oxidation sites excluding steroid dienone is 2. The summed E-state index contributed by atoms with van der Waals surface area (Å²) in [4.78, 5) is 62.8. The number of anilines is 3. The van der Waals surface area contributed by atoms with Gasteiger partial charge in [0.05, 0.1) is 52.5 Å². The minimum absolute atomic E-state index is 0.0659. The van der Waals surface area contributed by atoms with Crippen molar-refractivity contribution in [3.05, 3.63) is 149 Å². The van der Waals surface area contributed by atoms with Gasteiger partial charge in [-0.3, -0.25) is 29.5 Å². The van der Waals surface area contributed by atoms with Gasteiger partial charge in [-0.25, -0.2) is 4.39 Å². The van der Waals surface area contributed by atoms with Gasteiger partial charge in [-0.1, -0.05) is 41.4 Å². The Morgan fingerprint density at radius 2 is 1.50 bits per heavy atom. The Hall–Kier alpha value is -6.86. The number of ether oxygens (including phenoxy) is 1. The average Bonchev–Trinajstić information content (AvgIpc) is 3.65. The summed E-state index contributed by atoms with van der Waals surface area (Å²) in [6.45, 7) is 2.03. The predicted octanol–water partition coefficient (Wildman–Crippen LogP) is 9.25. The van der Waals surface area contributed by atoms with Crippen LogP contribution >= 0.6 is 11.6 Å². The van der Waals surface area contributed by atoms with Gasteiger partial charge in [-0.2, -0.15) is 15.2 Å². The first-order chi connectivity index (χ1) is 29.9. The number of azo groups is 1. The number of halogens is 2. The first kappa shape index (κ1) is 40.5. The molecule has 2 N–H and O–H groups in total. The minimum atomic E-state index is -1.59. The lowest BCUT2D eigenvalue weighted by Crippen LogP contribution is -2.53. The van der Waals surface area contributed by atoms with E-state index in [0.29, 0.717) is 38.9 Å². The fraction of sp³-hybridized carbons (Fsp3) is 0.250. The van der Waals surface area contributed by atoms with Crippen LogP contribution in [0.1, 0.15) is 36.8 Å². The molecule has 0 radical (unpaired) electrons. The molecule has 6 atom stereocenters. The molecule has 1 saturated carbocycles. The zero-order valence-electron chi connectivity index (χ0n) is 34.0. The van der Waals surface area contributed by atoms with Crippen LogP contribution < -0.4 is 20.0 Å². The highest BCUT2D eigenvalue weighted by molar-refractivity contribution is 6.30. The van der Waals surface area contributed by atoms with Crippen molar-refractivity contribution in [2.45, 2.75) is 31.1 Å². The lowest BCUT2D eigenvalue weighted by atomic mass is 9.49. The van der Waals surface area contributed by atoms with Gasteiger partial charge in [-0.05, 0) is 134 Å². The van der Waals surface area contributed by atoms with E-state index in [-0.39, 0.29) is 36.9 Å². The number of benzene rings is 5. The van der Waals surface area contributed by atoms with Crippen LogP contribution in [-0.2, 0) is 24.6 Å². The number of nitrogens with zero attached hydrogens (tertiary/aromatic N) is 5. The molecule has 2 aliphatic heterocycles. The lowest BCUT2D eigenvalue weighted by Gasteiger charge is -2.50. The number of aromatic hydroxyl groups is 1. The van der Waals surface area contributed by atoms with Gasteiger partial charge in [0.1, 0.15) is 5.82 Å². The maximum Gasteiger partial charge on any atom is 0.260 e. The van der Waals surface area contributed by atoms with Gasteiger partial charge in [0.25, 0.3) is 11.8 Å². The number of hydrogen-bond donors (Lipinski definition) is 2. The van der Waals surface area contributed by atoms with E-state index in [4.69, 9.17) is 16.3 Å². The van der Waals surface area contributed by atoms with E-state index in [1.165, 1.54) is 35.2 Å². The molecule has 62 heavy (non-hydrogen) atoms. The molecule has 0 spiro atoms. The van der Waals surface area contributed by atoms with Gasteiger partial charge in [0.2, 0.25) is 11.8 Å². The SMILES string of the molecule is CCOc1cc([C@H]2C3=CC[C@@H]4C(=O)N(c5ccc(N=Nc6ccc(N(C)C)cc6)cc5)C(=O)[C@@H]4[C@@H]3C[C@H]3C(=O)N(Nc4ccc(F)cc4)C(=O)[C@@]23c2ccc(Cl)cc2)ccc1O. The summed E-state index contributed by atoms with van der Waals surface area (Å²) in [5.74, 6) is -6.38. The van der Waals surface area contributed by atoms with E-state index in [9.17, 15) is 23.9 Å². The molecule has 4 aliphatic rings. The third-order valence-electron chi connectivity index (χ3n) is 12.6. The summed E-state index contributed by atoms with van der Waals surface area (Å²) in [7, 11) is 3.91. The molecule has 2 saturated heterocycles. The molecular formula is C48H42ClFN6O6. The fourth-order valence-electron chi connectivity index (χ4n) is 9.87. The quantitative estimate of drug-likeness (QED) is 0.0804. The number of hydrazine groups is 1. The van der Waals surface area contributed by atoms with Crippen molar-refractivity contribution in [2.24, 2.45) is 33.9 Å². The van der Waals surface area contributed by atoms with E-state index < -0.39 is 58.5 Å². The topological polar surface area (TPSA) is 144 Å². The molecule has 0 bridgehead atoms. The molecule has 0 unspecified atom stereocenters. The molecule has 314 valence electrons. The molecule has 2 aliphatic carbocycles. The van der Waals surface area contributed by atoms with Gasteiger partial charge >= 0.3 is 0 Å². The number of hydrogen-bond acceptors (Lipinski definition) is 10. The summed E-state index contributed by atoms with van der Waals surface area (Å²) in [5, 5.41) is 21.0. The summed E-state index contributed by atoms with van der Waals surface area (Å²) in [6.07, 6.45) is 2.23. The number of phenolic OH excluding ortho intramolecular Hbond substituents is 1. The molecule has 4 amide bonds. The first-order valence-corrected chi connectivity index (χ1v) is 20.8. The number of rotatable bonds is 10.